The van der Waals surface area contributed by atoms with Crippen LogP contribution in [0.3, 0.4) is 0 Å². The Hall–Kier alpha value is -3.15. The molecule has 0 aromatic heterocycles. The predicted octanol–water partition coefficient (Wildman–Crippen LogP) is 3.74. The van der Waals surface area contributed by atoms with Crippen LogP contribution < -0.4 is 16.0 Å². The number of aryl methyl sites for hydroxylation is 2. The summed E-state index contributed by atoms with van der Waals surface area (Å²) in [4.78, 5) is 35.6. The highest BCUT2D eigenvalue weighted by Crippen LogP contribution is 2.23. The van der Waals surface area contributed by atoms with Crippen LogP contribution in [0.25, 0.3) is 0 Å². The molecule has 142 valence electrons. The number of para-hydroxylation sites is 1. The molecule has 0 saturated heterocycles. The van der Waals surface area contributed by atoms with Crippen LogP contribution in [0.15, 0.2) is 42.5 Å². The van der Waals surface area contributed by atoms with E-state index in [9.17, 15) is 14.4 Å². The quantitative estimate of drug-likeness (QED) is 0.652. The van der Waals surface area contributed by atoms with Gasteiger partial charge in [-0.3, -0.25) is 14.4 Å². The van der Waals surface area contributed by atoms with E-state index in [2.05, 4.69) is 16.0 Å². The van der Waals surface area contributed by atoms with Crippen LogP contribution in [0.5, 0.6) is 0 Å². The maximum atomic E-state index is 12.3. The van der Waals surface area contributed by atoms with Crippen molar-refractivity contribution in [2.45, 2.75) is 40.0 Å². The highest BCUT2D eigenvalue weighted by Gasteiger charge is 2.14. The van der Waals surface area contributed by atoms with Gasteiger partial charge in [0.1, 0.15) is 6.42 Å². The molecule has 3 amide bonds. The minimum absolute atomic E-state index is 0.195. The molecule has 0 saturated carbocycles. The Morgan fingerprint density at radius 1 is 0.778 bits per heavy atom. The fourth-order valence-corrected chi connectivity index (χ4v) is 2.82. The lowest BCUT2D eigenvalue weighted by atomic mass is 10.0. The Kier molecular flexibility index (Phi) is 7.11. The van der Waals surface area contributed by atoms with E-state index in [1.807, 2.05) is 32.0 Å². The molecule has 0 bridgehead atoms. The standard InChI is InChI=1S/C21H25N3O3/c1-4-15-8-6-9-16(5-2)21(15)24-20(27)13-19(26)23-18-11-7-10-17(12-18)22-14(3)25/h6-12H,4-5,13H2,1-3H3,(H,22,25)(H,23,26)(H,24,27). The molecule has 0 spiro atoms. The maximum absolute atomic E-state index is 12.3. The van der Waals surface area contributed by atoms with E-state index in [4.69, 9.17) is 0 Å². The van der Waals surface area contributed by atoms with Gasteiger partial charge < -0.3 is 16.0 Å². The molecular formula is C21H25N3O3. The third-order valence-electron chi connectivity index (χ3n) is 4.05. The van der Waals surface area contributed by atoms with Crippen LogP contribution in [-0.2, 0) is 27.2 Å². The Bertz CT molecular complexity index is 824. The maximum Gasteiger partial charge on any atom is 0.233 e. The topological polar surface area (TPSA) is 87.3 Å². The highest BCUT2D eigenvalue weighted by molar-refractivity contribution is 6.08. The third kappa shape index (κ3) is 5.95. The molecule has 2 rings (SSSR count). The van der Waals surface area contributed by atoms with Crippen molar-refractivity contribution in [3.8, 4) is 0 Å². The molecule has 0 aliphatic carbocycles. The van der Waals surface area contributed by atoms with Crippen molar-refractivity contribution in [3.63, 3.8) is 0 Å². The first-order valence-corrected chi connectivity index (χ1v) is 9.01. The lowest BCUT2D eigenvalue weighted by Crippen LogP contribution is -2.22. The molecule has 0 aliphatic heterocycles. The number of hydrogen-bond acceptors (Lipinski definition) is 3. The fourth-order valence-electron chi connectivity index (χ4n) is 2.82. The zero-order valence-electron chi connectivity index (χ0n) is 15.9. The van der Waals surface area contributed by atoms with Crippen LogP contribution in [-0.4, -0.2) is 17.7 Å². The summed E-state index contributed by atoms with van der Waals surface area (Å²) in [6, 6.07) is 12.7. The molecule has 2 aromatic rings. The molecule has 0 aliphatic rings. The minimum atomic E-state index is -0.417. The third-order valence-corrected chi connectivity index (χ3v) is 4.05. The summed E-state index contributed by atoms with van der Waals surface area (Å²) >= 11 is 0. The van der Waals surface area contributed by atoms with Crippen LogP contribution >= 0.6 is 0 Å². The number of benzene rings is 2. The van der Waals surface area contributed by atoms with E-state index in [0.717, 1.165) is 29.7 Å². The molecule has 6 nitrogen and oxygen atoms in total. The summed E-state index contributed by atoms with van der Waals surface area (Å²) in [6.07, 6.45) is 1.31. The molecular weight excluding hydrogens is 342 g/mol. The van der Waals surface area contributed by atoms with Crippen molar-refractivity contribution in [3.05, 3.63) is 53.6 Å². The number of amides is 3. The molecule has 0 unspecified atom stereocenters. The number of nitrogens with one attached hydrogen (secondary N) is 3. The number of hydrogen-bond donors (Lipinski definition) is 3. The average molecular weight is 367 g/mol. The monoisotopic (exact) mass is 367 g/mol. The summed E-state index contributed by atoms with van der Waals surface area (Å²) in [5.74, 6) is -0.972. The number of carbonyl (C=O) groups excluding carboxylic acids is 3. The molecule has 3 N–H and O–H groups in total. The van der Waals surface area contributed by atoms with Gasteiger partial charge in [-0.15, -0.1) is 0 Å². The average Bonchev–Trinajstić information content (AvgIpc) is 2.61. The smallest absolute Gasteiger partial charge is 0.233 e. The van der Waals surface area contributed by atoms with Gasteiger partial charge >= 0.3 is 0 Å². The van der Waals surface area contributed by atoms with Crippen LogP contribution in [0.4, 0.5) is 17.1 Å². The van der Waals surface area contributed by atoms with Crippen LogP contribution in [0, 0.1) is 0 Å². The summed E-state index contributed by atoms with van der Waals surface area (Å²) in [5.41, 5.74) is 3.99. The number of rotatable bonds is 7. The Balaban J connectivity index is 2.01. The fraction of sp³-hybridized carbons (Fsp3) is 0.286. The van der Waals surface area contributed by atoms with Gasteiger partial charge in [0, 0.05) is 24.0 Å². The van der Waals surface area contributed by atoms with E-state index in [-0.39, 0.29) is 18.2 Å². The van der Waals surface area contributed by atoms with Crippen molar-refractivity contribution in [1.82, 2.24) is 0 Å². The van der Waals surface area contributed by atoms with Crippen molar-refractivity contribution >= 4 is 34.8 Å². The van der Waals surface area contributed by atoms with E-state index >= 15 is 0 Å². The second-order valence-electron chi connectivity index (χ2n) is 6.19. The van der Waals surface area contributed by atoms with Gasteiger partial charge in [-0.25, -0.2) is 0 Å². The second kappa shape index (κ2) is 9.52. The molecule has 0 fully saturated rings. The van der Waals surface area contributed by atoms with Gasteiger partial charge in [0.2, 0.25) is 17.7 Å². The van der Waals surface area contributed by atoms with Gasteiger partial charge in [-0.05, 0) is 42.2 Å². The zero-order valence-corrected chi connectivity index (χ0v) is 15.9. The molecule has 0 atom stereocenters. The first kappa shape index (κ1) is 20.2. The minimum Gasteiger partial charge on any atom is -0.326 e. The van der Waals surface area contributed by atoms with E-state index in [1.165, 1.54) is 6.92 Å². The van der Waals surface area contributed by atoms with Crippen molar-refractivity contribution in [1.29, 1.82) is 0 Å². The first-order chi connectivity index (χ1) is 12.9. The van der Waals surface area contributed by atoms with Crippen molar-refractivity contribution in [2.24, 2.45) is 0 Å². The van der Waals surface area contributed by atoms with Crippen molar-refractivity contribution < 1.29 is 14.4 Å². The lowest BCUT2D eigenvalue weighted by Gasteiger charge is -2.14. The van der Waals surface area contributed by atoms with Gasteiger partial charge in [0.05, 0.1) is 0 Å². The van der Waals surface area contributed by atoms with Gasteiger partial charge in [-0.1, -0.05) is 38.1 Å². The summed E-state index contributed by atoms with van der Waals surface area (Å²) in [5, 5.41) is 8.20. The Labute approximate surface area is 159 Å². The van der Waals surface area contributed by atoms with Gasteiger partial charge in [0.15, 0.2) is 0 Å². The van der Waals surface area contributed by atoms with E-state index < -0.39 is 5.91 Å². The van der Waals surface area contributed by atoms with Gasteiger partial charge in [-0.2, -0.15) is 0 Å². The van der Waals surface area contributed by atoms with Gasteiger partial charge in [0.25, 0.3) is 0 Å². The largest absolute Gasteiger partial charge is 0.326 e. The Morgan fingerprint density at radius 2 is 1.30 bits per heavy atom. The zero-order chi connectivity index (χ0) is 19.8. The molecule has 0 radical (unpaired) electrons. The summed E-state index contributed by atoms with van der Waals surface area (Å²) < 4.78 is 0. The summed E-state index contributed by atoms with van der Waals surface area (Å²) in [6.45, 7) is 5.46. The molecule has 27 heavy (non-hydrogen) atoms. The van der Waals surface area contributed by atoms with Crippen molar-refractivity contribution in [2.75, 3.05) is 16.0 Å². The predicted molar refractivity (Wildman–Crippen MR) is 108 cm³/mol. The first-order valence-electron chi connectivity index (χ1n) is 9.01. The van der Waals surface area contributed by atoms with Crippen LogP contribution in [0.1, 0.15) is 38.3 Å². The molecule has 0 heterocycles. The highest BCUT2D eigenvalue weighted by atomic mass is 16.2. The second-order valence-corrected chi connectivity index (χ2v) is 6.19. The number of carbonyl (C=O) groups is 3. The lowest BCUT2D eigenvalue weighted by molar-refractivity contribution is -0.123. The Morgan fingerprint density at radius 3 is 1.85 bits per heavy atom. The van der Waals surface area contributed by atoms with Crippen LogP contribution in [0.2, 0.25) is 0 Å². The van der Waals surface area contributed by atoms with E-state index in [1.54, 1.807) is 24.3 Å². The normalized spacial score (nSPS) is 10.2. The number of anilines is 3. The molecule has 6 heteroatoms. The molecule has 2 aromatic carbocycles. The SMILES string of the molecule is CCc1cccc(CC)c1NC(=O)CC(=O)Nc1cccc(NC(C)=O)c1. The summed E-state index contributed by atoms with van der Waals surface area (Å²) in [7, 11) is 0. The van der Waals surface area contributed by atoms with E-state index in [0.29, 0.717) is 11.4 Å².